The molecule has 1 aliphatic rings. The van der Waals surface area contributed by atoms with E-state index in [1.54, 1.807) is 0 Å². The molecule has 6 heteroatoms. The lowest BCUT2D eigenvalue weighted by Gasteiger charge is -2.31. The normalized spacial score (nSPS) is 16.4. The number of furan rings is 1. The van der Waals surface area contributed by atoms with Crippen LogP contribution in [0.5, 0.6) is 0 Å². The SMILES string of the molecule is Cn1c(CO)nnc1C1CCN(Cc2cccc3c2oc2ccccc23)CC1. The number of piperidine rings is 1. The fraction of sp³-hybridized carbons (Fsp3) is 0.364. The van der Waals surface area contributed by atoms with Gasteiger partial charge >= 0.3 is 0 Å². The van der Waals surface area contributed by atoms with Crippen LogP contribution in [0.25, 0.3) is 21.9 Å². The molecule has 2 aromatic heterocycles. The van der Waals surface area contributed by atoms with Gasteiger partial charge in [0.2, 0.25) is 0 Å². The lowest BCUT2D eigenvalue weighted by Crippen LogP contribution is -2.33. The Kier molecular flexibility index (Phi) is 4.37. The molecule has 0 aliphatic carbocycles. The predicted molar refractivity (Wildman–Crippen MR) is 108 cm³/mol. The van der Waals surface area contributed by atoms with E-state index in [1.165, 1.54) is 16.3 Å². The molecule has 0 atom stereocenters. The minimum atomic E-state index is -0.0656. The highest BCUT2D eigenvalue weighted by atomic mass is 16.3. The Morgan fingerprint density at radius 3 is 2.61 bits per heavy atom. The van der Waals surface area contributed by atoms with Gasteiger partial charge in [0, 0.05) is 35.8 Å². The second kappa shape index (κ2) is 7.04. The van der Waals surface area contributed by atoms with E-state index in [9.17, 15) is 5.11 Å². The van der Waals surface area contributed by atoms with Crippen molar-refractivity contribution in [3.05, 3.63) is 59.7 Å². The van der Waals surface area contributed by atoms with Crippen LogP contribution in [-0.2, 0) is 20.2 Å². The third kappa shape index (κ3) is 2.89. The summed E-state index contributed by atoms with van der Waals surface area (Å²) in [5.74, 6) is 2.02. The largest absolute Gasteiger partial charge is 0.456 e. The standard InChI is InChI=1S/C22H24N4O2/c1-25-20(14-27)23-24-22(25)15-9-11-26(12-10-15)13-16-5-4-7-18-17-6-2-3-8-19(17)28-21(16)18/h2-8,15,27H,9-14H2,1H3. The zero-order valence-corrected chi connectivity index (χ0v) is 16.0. The van der Waals surface area contributed by atoms with Crippen molar-refractivity contribution in [2.45, 2.75) is 31.9 Å². The minimum Gasteiger partial charge on any atom is -0.456 e. The first-order valence-electron chi connectivity index (χ1n) is 9.85. The maximum atomic E-state index is 9.33. The van der Waals surface area contributed by atoms with Crippen LogP contribution in [0.1, 0.15) is 36.0 Å². The van der Waals surface area contributed by atoms with E-state index < -0.39 is 0 Å². The summed E-state index contributed by atoms with van der Waals surface area (Å²) in [7, 11) is 1.94. The second-order valence-corrected chi connectivity index (χ2v) is 7.63. The van der Waals surface area contributed by atoms with Crippen molar-refractivity contribution in [2.75, 3.05) is 13.1 Å². The van der Waals surface area contributed by atoms with E-state index in [0.29, 0.717) is 11.7 Å². The molecule has 1 aliphatic heterocycles. The maximum Gasteiger partial charge on any atom is 0.158 e. The number of aromatic nitrogens is 3. The van der Waals surface area contributed by atoms with Crippen LogP contribution in [0.15, 0.2) is 46.9 Å². The Bertz CT molecular complexity index is 1120. The van der Waals surface area contributed by atoms with Gasteiger partial charge in [0.05, 0.1) is 0 Å². The van der Waals surface area contributed by atoms with Crippen LogP contribution in [-0.4, -0.2) is 37.9 Å². The van der Waals surface area contributed by atoms with Crippen molar-refractivity contribution in [1.82, 2.24) is 19.7 Å². The first-order chi connectivity index (χ1) is 13.7. The third-order valence-electron chi connectivity index (χ3n) is 5.97. The van der Waals surface area contributed by atoms with E-state index in [2.05, 4.69) is 45.4 Å². The van der Waals surface area contributed by atoms with Gasteiger partial charge in [0.15, 0.2) is 5.82 Å². The van der Waals surface area contributed by atoms with E-state index >= 15 is 0 Å². The number of aliphatic hydroxyl groups is 1. The number of hydrogen-bond donors (Lipinski definition) is 1. The van der Waals surface area contributed by atoms with Gasteiger partial charge in [-0.2, -0.15) is 0 Å². The molecule has 0 unspecified atom stereocenters. The number of fused-ring (bicyclic) bond motifs is 3. The average Bonchev–Trinajstić information content (AvgIpc) is 3.30. The molecule has 28 heavy (non-hydrogen) atoms. The highest BCUT2D eigenvalue weighted by Gasteiger charge is 2.25. The molecular weight excluding hydrogens is 352 g/mol. The number of nitrogens with zero attached hydrogens (tertiary/aromatic N) is 4. The van der Waals surface area contributed by atoms with E-state index in [0.717, 1.165) is 49.5 Å². The summed E-state index contributed by atoms with van der Waals surface area (Å²) in [6.45, 7) is 2.86. The first kappa shape index (κ1) is 17.4. The van der Waals surface area contributed by atoms with Crippen LogP contribution >= 0.6 is 0 Å². The molecule has 1 fully saturated rings. The quantitative estimate of drug-likeness (QED) is 0.590. The fourth-order valence-corrected chi connectivity index (χ4v) is 4.39. The smallest absolute Gasteiger partial charge is 0.158 e. The molecule has 144 valence electrons. The van der Waals surface area contributed by atoms with Gasteiger partial charge in [-0.05, 0) is 32.0 Å². The van der Waals surface area contributed by atoms with Crippen molar-refractivity contribution in [2.24, 2.45) is 7.05 Å². The van der Waals surface area contributed by atoms with Crippen LogP contribution < -0.4 is 0 Å². The maximum absolute atomic E-state index is 9.33. The van der Waals surface area contributed by atoms with Crippen molar-refractivity contribution >= 4 is 21.9 Å². The Hall–Kier alpha value is -2.70. The van der Waals surface area contributed by atoms with E-state index in [-0.39, 0.29) is 6.61 Å². The Morgan fingerprint density at radius 1 is 1.04 bits per heavy atom. The molecule has 2 aromatic carbocycles. The fourth-order valence-electron chi connectivity index (χ4n) is 4.39. The van der Waals surface area contributed by atoms with Crippen molar-refractivity contribution in [3.63, 3.8) is 0 Å². The molecule has 0 radical (unpaired) electrons. The first-order valence-corrected chi connectivity index (χ1v) is 9.85. The van der Waals surface area contributed by atoms with Crippen LogP contribution in [0.3, 0.4) is 0 Å². The molecule has 0 bridgehead atoms. The molecule has 6 nitrogen and oxygen atoms in total. The number of rotatable bonds is 4. The zero-order chi connectivity index (χ0) is 19.1. The zero-order valence-electron chi connectivity index (χ0n) is 16.0. The average molecular weight is 376 g/mol. The summed E-state index contributed by atoms with van der Waals surface area (Å²) in [6.07, 6.45) is 2.10. The molecular formula is C22H24N4O2. The summed E-state index contributed by atoms with van der Waals surface area (Å²) in [5, 5.41) is 20.1. The van der Waals surface area contributed by atoms with Crippen molar-refractivity contribution in [3.8, 4) is 0 Å². The highest BCUT2D eigenvalue weighted by molar-refractivity contribution is 6.05. The van der Waals surface area contributed by atoms with Gasteiger partial charge in [-0.15, -0.1) is 10.2 Å². The van der Waals surface area contributed by atoms with Crippen LogP contribution in [0.4, 0.5) is 0 Å². The third-order valence-corrected chi connectivity index (χ3v) is 5.97. The number of benzene rings is 2. The molecule has 4 aromatic rings. The Labute approximate surface area is 163 Å². The molecule has 1 N–H and O–H groups in total. The lowest BCUT2D eigenvalue weighted by molar-refractivity contribution is 0.200. The summed E-state index contributed by atoms with van der Waals surface area (Å²) in [4.78, 5) is 2.49. The number of hydrogen-bond acceptors (Lipinski definition) is 5. The lowest BCUT2D eigenvalue weighted by atomic mass is 9.95. The van der Waals surface area contributed by atoms with Crippen LogP contribution in [0, 0.1) is 0 Å². The van der Waals surface area contributed by atoms with E-state index in [4.69, 9.17) is 4.42 Å². The summed E-state index contributed by atoms with van der Waals surface area (Å²) < 4.78 is 8.11. The highest BCUT2D eigenvalue weighted by Crippen LogP contribution is 2.32. The van der Waals surface area contributed by atoms with Crippen molar-refractivity contribution in [1.29, 1.82) is 0 Å². The number of aliphatic hydroxyl groups excluding tert-OH is 1. The van der Waals surface area contributed by atoms with Gasteiger partial charge in [0.1, 0.15) is 23.6 Å². The summed E-state index contributed by atoms with van der Waals surface area (Å²) >= 11 is 0. The molecule has 1 saturated heterocycles. The summed E-state index contributed by atoms with van der Waals surface area (Å²) in [6, 6.07) is 14.7. The monoisotopic (exact) mass is 376 g/mol. The molecule has 0 saturated carbocycles. The van der Waals surface area contributed by atoms with Gasteiger partial charge in [0.25, 0.3) is 0 Å². The Morgan fingerprint density at radius 2 is 1.82 bits per heavy atom. The predicted octanol–water partition coefficient (Wildman–Crippen LogP) is 3.59. The molecule has 0 spiro atoms. The molecule has 3 heterocycles. The van der Waals surface area contributed by atoms with Gasteiger partial charge < -0.3 is 14.1 Å². The van der Waals surface area contributed by atoms with Crippen LogP contribution in [0.2, 0.25) is 0 Å². The topological polar surface area (TPSA) is 67.3 Å². The van der Waals surface area contributed by atoms with Gasteiger partial charge in [-0.1, -0.05) is 36.4 Å². The molecule has 0 amide bonds. The minimum absolute atomic E-state index is 0.0656. The second-order valence-electron chi connectivity index (χ2n) is 7.63. The van der Waals surface area contributed by atoms with E-state index in [1.807, 2.05) is 23.7 Å². The summed E-state index contributed by atoms with van der Waals surface area (Å²) in [5.41, 5.74) is 3.20. The van der Waals surface area contributed by atoms with Crippen molar-refractivity contribution < 1.29 is 9.52 Å². The Balaban J connectivity index is 1.33. The number of likely N-dealkylation sites (tertiary alicyclic amines) is 1. The van der Waals surface area contributed by atoms with Gasteiger partial charge in [-0.3, -0.25) is 4.90 Å². The number of para-hydroxylation sites is 2. The van der Waals surface area contributed by atoms with Gasteiger partial charge in [-0.25, -0.2) is 0 Å². The molecule has 5 rings (SSSR count).